The topological polar surface area (TPSA) is 62.2 Å². The largest absolute Gasteiger partial charge is 0.401 e. The summed E-state index contributed by atoms with van der Waals surface area (Å²) >= 11 is 6.37. The third-order valence-electron chi connectivity index (χ3n) is 6.56. The summed E-state index contributed by atoms with van der Waals surface area (Å²) in [6.45, 7) is -0.827. The van der Waals surface area contributed by atoms with Gasteiger partial charge in [0.25, 0.3) is 0 Å². The number of amides is 2. The second-order valence-electron chi connectivity index (χ2n) is 9.02. The number of carbonyl (C=O) groups excluding carboxylic acids is 1. The molecule has 0 radical (unpaired) electrons. The summed E-state index contributed by atoms with van der Waals surface area (Å²) in [5, 5.41) is 11.0. The third kappa shape index (κ3) is 5.16. The van der Waals surface area contributed by atoms with Gasteiger partial charge < -0.3 is 5.32 Å². The summed E-state index contributed by atoms with van der Waals surface area (Å²) in [4.78, 5) is 14.5. The third-order valence-corrected chi connectivity index (χ3v) is 6.90. The first-order valence-electron chi connectivity index (χ1n) is 11.6. The number of halogens is 4. The minimum Gasteiger partial charge on any atom is -0.333 e. The van der Waals surface area contributed by atoms with Crippen molar-refractivity contribution in [2.45, 2.75) is 37.4 Å². The van der Waals surface area contributed by atoms with Crippen LogP contribution in [0.4, 0.5) is 23.8 Å². The van der Waals surface area contributed by atoms with E-state index >= 15 is 0 Å². The van der Waals surface area contributed by atoms with E-state index in [9.17, 15) is 18.0 Å². The summed E-state index contributed by atoms with van der Waals surface area (Å²) < 4.78 is 41.1. The van der Waals surface area contributed by atoms with Crippen LogP contribution in [0.3, 0.4) is 0 Å². The number of aromatic nitrogens is 2. The van der Waals surface area contributed by atoms with E-state index in [0.717, 1.165) is 41.8 Å². The van der Waals surface area contributed by atoms with Gasteiger partial charge in [-0.05, 0) is 43.0 Å². The van der Waals surface area contributed by atoms with Gasteiger partial charge in [-0.15, -0.1) is 0 Å². The van der Waals surface area contributed by atoms with Gasteiger partial charge in [-0.2, -0.15) is 18.3 Å². The van der Waals surface area contributed by atoms with E-state index in [-0.39, 0.29) is 19.0 Å². The van der Waals surface area contributed by atoms with Gasteiger partial charge in [-0.25, -0.2) is 9.48 Å². The van der Waals surface area contributed by atoms with Gasteiger partial charge in [-0.3, -0.25) is 10.2 Å². The quantitative estimate of drug-likeness (QED) is 0.505. The number of anilines is 1. The van der Waals surface area contributed by atoms with E-state index < -0.39 is 24.8 Å². The fraction of sp³-hybridized carbons (Fsp3) is 0.360. The summed E-state index contributed by atoms with van der Waals surface area (Å²) in [7, 11) is 0. The minimum absolute atomic E-state index is 0.0683. The predicted molar refractivity (Wildman–Crippen MR) is 128 cm³/mol. The number of rotatable bonds is 5. The first kappa shape index (κ1) is 23.7. The van der Waals surface area contributed by atoms with Gasteiger partial charge in [0.1, 0.15) is 5.82 Å². The number of nitrogens with zero attached hydrogens (tertiary/aromatic N) is 3. The Bertz CT molecular complexity index is 1210. The number of benzene rings is 2. The van der Waals surface area contributed by atoms with Crippen LogP contribution in [0, 0.1) is 0 Å². The molecule has 3 aromatic rings. The molecular weight excluding hydrogens is 479 g/mol. The summed E-state index contributed by atoms with van der Waals surface area (Å²) in [5.74, 6) is 0.224. The Morgan fingerprint density at radius 3 is 2.54 bits per heavy atom. The van der Waals surface area contributed by atoms with Crippen molar-refractivity contribution >= 4 is 23.4 Å². The number of nitrogens with one attached hydrogen (secondary N) is 2. The molecule has 35 heavy (non-hydrogen) atoms. The molecule has 184 valence electrons. The van der Waals surface area contributed by atoms with E-state index in [1.54, 1.807) is 28.9 Å². The molecule has 2 atom stereocenters. The van der Waals surface area contributed by atoms with Crippen LogP contribution in [0.5, 0.6) is 0 Å². The lowest BCUT2D eigenvalue weighted by Gasteiger charge is -2.22. The van der Waals surface area contributed by atoms with Gasteiger partial charge in [0, 0.05) is 29.6 Å². The Morgan fingerprint density at radius 2 is 1.80 bits per heavy atom. The number of fused-ring (bicyclic) bond motifs is 1. The highest BCUT2D eigenvalue weighted by molar-refractivity contribution is 6.31. The average Bonchev–Trinajstić information content (AvgIpc) is 3.50. The zero-order chi connectivity index (χ0) is 24.6. The molecule has 1 aliphatic carbocycles. The predicted octanol–water partition coefficient (Wildman–Crippen LogP) is 5.17. The van der Waals surface area contributed by atoms with Gasteiger partial charge in [-0.1, -0.05) is 48.0 Å². The van der Waals surface area contributed by atoms with Crippen LogP contribution in [-0.4, -0.2) is 52.6 Å². The van der Waals surface area contributed by atoms with E-state index in [4.69, 9.17) is 16.7 Å². The van der Waals surface area contributed by atoms with E-state index in [1.165, 1.54) is 4.90 Å². The number of likely N-dealkylation sites (tertiary alicyclic amines) is 1. The number of hydrogen-bond donors (Lipinski definition) is 2. The number of carbonyl (C=O) groups is 1. The van der Waals surface area contributed by atoms with Crippen molar-refractivity contribution in [1.82, 2.24) is 20.0 Å². The van der Waals surface area contributed by atoms with Crippen LogP contribution in [0.1, 0.15) is 29.2 Å². The lowest BCUT2D eigenvalue weighted by atomic mass is 9.94. The monoisotopic (exact) mass is 503 g/mol. The van der Waals surface area contributed by atoms with Crippen LogP contribution in [0.2, 0.25) is 5.02 Å². The first-order chi connectivity index (χ1) is 16.8. The molecule has 0 spiro atoms. The maximum atomic E-state index is 13.2. The van der Waals surface area contributed by atoms with Crippen molar-refractivity contribution in [1.29, 1.82) is 0 Å². The highest BCUT2D eigenvalue weighted by Gasteiger charge is 2.41. The number of hydrogen-bond acceptors (Lipinski definition) is 3. The van der Waals surface area contributed by atoms with Crippen molar-refractivity contribution < 1.29 is 18.0 Å². The number of urea groups is 1. The normalized spacial score (nSPS) is 20.1. The van der Waals surface area contributed by atoms with Crippen LogP contribution in [0.15, 0.2) is 54.6 Å². The molecule has 2 heterocycles. The molecule has 2 amide bonds. The molecule has 0 bridgehead atoms. The minimum atomic E-state index is -4.33. The molecular formula is C25H25ClF3N5O. The van der Waals surface area contributed by atoms with E-state index in [2.05, 4.69) is 10.6 Å². The zero-order valence-corrected chi connectivity index (χ0v) is 19.6. The standard InChI is InChI=1S/C25H25ClF3N5O/c26-20-11-5-4-9-17(20)19-13-33(15-25(27,28)29)14-22(19)30-24(35)31-23-18-10-6-12-21(18)32-34(23)16-7-2-1-3-8-16/h1-5,7-9,11,19,22H,6,10,12-15H2,(H2,30,31,35)/t19-,22+/m1/s1. The summed E-state index contributed by atoms with van der Waals surface area (Å²) in [5.41, 5.74) is 3.50. The summed E-state index contributed by atoms with van der Waals surface area (Å²) in [6, 6.07) is 15.6. The molecule has 1 fully saturated rings. The fourth-order valence-corrected chi connectivity index (χ4v) is 5.37. The van der Waals surface area contributed by atoms with Crippen LogP contribution >= 0.6 is 11.6 Å². The van der Waals surface area contributed by atoms with Crippen LogP contribution in [-0.2, 0) is 12.8 Å². The molecule has 1 aliphatic heterocycles. The number of aryl methyl sites for hydroxylation is 1. The van der Waals surface area contributed by atoms with Crippen molar-refractivity contribution in [3.8, 4) is 5.69 Å². The molecule has 6 nitrogen and oxygen atoms in total. The molecule has 1 aromatic heterocycles. The van der Waals surface area contributed by atoms with Crippen molar-refractivity contribution in [2.24, 2.45) is 0 Å². The SMILES string of the molecule is O=C(Nc1c2c(nn1-c1ccccc1)CCC2)N[C@H]1CN(CC(F)(F)F)C[C@@H]1c1ccccc1Cl. The van der Waals surface area contributed by atoms with Crippen molar-refractivity contribution in [3.63, 3.8) is 0 Å². The second kappa shape index (κ2) is 9.54. The number of alkyl halides is 3. The molecule has 2 aromatic carbocycles. The average molecular weight is 504 g/mol. The fourth-order valence-electron chi connectivity index (χ4n) is 5.09. The summed E-state index contributed by atoms with van der Waals surface area (Å²) in [6.07, 6.45) is -1.71. The van der Waals surface area contributed by atoms with Gasteiger partial charge in [0.15, 0.2) is 0 Å². The molecule has 10 heteroatoms. The molecule has 2 aliphatic rings. The lowest BCUT2D eigenvalue weighted by Crippen LogP contribution is -2.43. The zero-order valence-electron chi connectivity index (χ0n) is 18.9. The lowest BCUT2D eigenvalue weighted by molar-refractivity contribution is -0.143. The number of para-hydroxylation sites is 1. The molecule has 2 N–H and O–H groups in total. The van der Waals surface area contributed by atoms with Crippen molar-refractivity contribution in [2.75, 3.05) is 25.0 Å². The van der Waals surface area contributed by atoms with Gasteiger partial charge in [0.2, 0.25) is 0 Å². The molecule has 0 unspecified atom stereocenters. The highest BCUT2D eigenvalue weighted by Crippen LogP contribution is 2.34. The molecule has 0 saturated carbocycles. The Kier molecular flexibility index (Phi) is 6.46. The Labute approximate surface area is 206 Å². The molecule has 5 rings (SSSR count). The highest BCUT2D eigenvalue weighted by atomic mass is 35.5. The Hall–Kier alpha value is -3.04. The smallest absolute Gasteiger partial charge is 0.333 e. The maximum Gasteiger partial charge on any atom is 0.401 e. The Morgan fingerprint density at radius 1 is 1.06 bits per heavy atom. The van der Waals surface area contributed by atoms with Gasteiger partial charge in [0.05, 0.1) is 24.0 Å². The van der Waals surface area contributed by atoms with Crippen LogP contribution in [0.25, 0.3) is 5.69 Å². The molecule has 1 saturated heterocycles. The van der Waals surface area contributed by atoms with Gasteiger partial charge >= 0.3 is 12.2 Å². The van der Waals surface area contributed by atoms with E-state index in [0.29, 0.717) is 10.8 Å². The van der Waals surface area contributed by atoms with E-state index in [1.807, 2.05) is 30.3 Å². The van der Waals surface area contributed by atoms with Crippen molar-refractivity contribution in [3.05, 3.63) is 76.4 Å². The Balaban J connectivity index is 1.38. The second-order valence-corrected chi connectivity index (χ2v) is 9.42. The first-order valence-corrected chi connectivity index (χ1v) is 11.9. The van der Waals surface area contributed by atoms with Crippen LogP contribution < -0.4 is 10.6 Å². The maximum absolute atomic E-state index is 13.2.